The second-order valence-corrected chi connectivity index (χ2v) is 7.47. The molecule has 1 saturated heterocycles. The fraction of sp³-hybridized carbons (Fsp3) is 0.600. The first-order chi connectivity index (χ1) is 15.2. The number of allylic oxidation sites excluding steroid dienone is 10. The van der Waals surface area contributed by atoms with E-state index >= 15 is 0 Å². The smallest absolute Gasteiger partial charge is 0.327 e. The summed E-state index contributed by atoms with van der Waals surface area (Å²) in [7, 11) is -2.32. The summed E-state index contributed by atoms with van der Waals surface area (Å²) >= 11 is 0. The Kier molecular flexibility index (Phi) is 22.8. The maximum atomic E-state index is 8.73. The van der Waals surface area contributed by atoms with Gasteiger partial charge < -0.3 is 23.8 Å². The molecule has 1 rings (SSSR count). The third kappa shape index (κ3) is 20.6. The summed E-state index contributed by atoms with van der Waals surface area (Å²) in [4.78, 5) is 17.5. The van der Waals surface area contributed by atoms with Gasteiger partial charge in [-0.25, -0.2) is 0 Å². The van der Waals surface area contributed by atoms with E-state index in [9.17, 15) is 0 Å². The molecule has 1 aliphatic heterocycles. The quantitative estimate of drug-likeness (QED) is 0.151. The minimum absolute atomic E-state index is 0.157. The van der Waals surface area contributed by atoms with Crippen molar-refractivity contribution in [2.24, 2.45) is 0 Å². The first-order valence-electron chi connectivity index (χ1n) is 11.5. The van der Waals surface area contributed by atoms with Crippen molar-refractivity contribution in [3.63, 3.8) is 0 Å². The Morgan fingerprint density at radius 3 is 1.87 bits per heavy atom. The summed E-state index contributed by atoms with van der Waals surface area (Å²) in [6.07, 6.45) is 29.5. The zero-order valence-electron chi connectivity index (χ0n) is 19.6. The molecule has 178 valence electrons. The summed E-state index contributed by atoms with van der Waals surface area (Å²) < 4.78 is 15.9. The van der Waals surface area contributed by atoms with E-state index in [4.69, 9.17) is 23.8 Å². The van der Waals surface area contributed by atoms with Gasteiger partial charge in [0.1, 0.15) is 6.10 Å². The highest BCUT2D eigenvalue weighted by atomic mass is 31.2. The van der Waals surface area contributed by atoms with Crippen LogP contribution in [0.5, 0.6) is 0 Å². The first-order valence-corrected chi connectivity index (χ1v) is 12.7. The van der Waals surface area contributed by atoms with E-state index in [0.29, 0.717) is 6.61 Å². The normalized spacial score (nSPS) is 19.7. The van der Waals surface area contributed by atoms with Crippen LogP contribution in [0.3, 0.4) is 0 Å². The van der Waals surface area contributed by atoms with Crippen LogP contribution in [0, 0.1) is 0 Å². The monoisotopic (exact) mass is 454 g/mol. The van der Waals surface area contributed by atoms with Gasteiger partial charge in [0.15, 0.2) is 6.29 Å². The Bertz CT molecular complexity index is 526. The van der Waals surface area contributed by atoms with Crippen LogP contribution in [-0.2, 0) is 14.0 Å². The van der Waals surface area contributed by atoms with E-state index in [2.05, 4.69) is 67.7 Å². The average Bonchev–Trinajstić information content (AvgIpc) is 3.23. The standard InChI is InChI=1S/C23H37O5P.C2H6/c1-2-3-4-5-6-7-8-9-10-11-12-13-14-15-16-17-18-19-23-26-20-22(28-23)21-27-29(24)25;1-2/h3-4,6-7,9-10,12-13,15-16,22-25H,2,5,8,11,14,17-21H2,1H3;1-2H3/b4-3-,7-6-,10-9-,13-12-,16-15-;. The average molecular weight is 455 g/mol. The van der Waals surface area contributed by atoms with Gasteiger partial charge in [-0.3, -0.25) is 0 Å². The van der Waals surface area contributed by atoms with Gasteiger partial charge in [-0.2, -0.15) is 0 Å². The molecule has 1 fully saturated rings. The summed E-state index contributed by atoms with van der Waals surface area (Å²) in [5.41, 5.74) is 0. The lowest BCUT2D eigenvalue weighted by Gasteiger charge is -2.11. The summed E-state index contributed by atoms with van der Waals surface area (Å²) in [5, 5.41) is 0. The van der Waals surface area contributed by atoms with Gasteiger partial charge >= 0.3 is 8.60 Å². The molecule has 0 aliphatic carbocycles. The molecule has 1 heterocycles. The maximum Gasteiger partial charge on any atom is 0.327 e. The van der Waals surface area contributed by atoms with Crippen LogP contribution >= 0.6 is 8.60 Å². The van der Waals surface area contributed by atoms with Gasteiger partial charge in [-0.15, -0.1) is 0 Å². The molecule has 2 unspecified atom stereocenters. The Balaban J connectivity index is 0.00000436. The predicted octanol–water partition coefficient (Wildman–Crippen LogP) is 6.90. The van der Waals surface area contributed by atoms with E-state index in [1.807, 2.05) is 13.8 Å². The summed E-state index contributed by atoms with van der Waals surface area (Å²) in [6, 6.07) is 0. The molecule has 1 aliphatic rings. The van der Waals surface area contributed by atoms with Crippen LogP contribution in [-0.4, -0.2) is 35.4 Å². The van der Waals surface area contributed by atoms with Crippen molar-refractivity contribution in [1.82, 2.24) is 0 Å². The molecule has 0 radical (unpaired) electrons. The number of unbranched alkanes of at least 4 members (excludes halogenated alkanes) is 1. The van der Waals surface area contributed by atoms with Crippen molar-refractivity contribution in [3.05, 3.63) is 60.8 Å². The lowest BCUT2D eigenvalue weighted by atomic mass is 10.2. The van der Waals surface area contributed by atoms with Crippen LogP contribution in [0.1, 0.15) is 72.1 Å². The highest BCUT2D eigenvalue weighted by molar-refractivity contribution is 7.39. The zero-order chi connectivity index (χ0) is 23.0. The van der Waals surface area contributed by atoms with Crippen molar-refractivity contribution in [1.29, 1.82) is 0 Å². The van der Waals surface area contributed by atoms with Crippen molar-refractivity contribution in [3.8, 4) is 0 Å². The first kappa shape index (κ1) is 29.9. The van der Waals surface area contributed by atoms with Gasteiger partial charge in [-0.1, -0.05) is 81.5 Å². The summed E-state index contributed by atoms with van der Waals surface area (Å²) in [6.45, 7) is 6.75. The molecule has 6 heteroatoms. The van der Waals surface area contributed by atoms with E-state index in [0.717, 1.165) is 51.4 Å². The zero-order valence-corrected chi connectivity index (χ0v) is 20.5. The second-order valence-electron chi connectivity index (χ2n) is 6.71. The molecule has 0 saturated carbocycles. The molecule has 31 heavy (non-hydrogen) atoms. The molecule has 0 aromatic heterocycles. The highest BCUT2D eigenvalue weighted by Gasteiger charge is 2.26. The van der Waals surface area contributed by atoms with Gasteiger partial charge in [0.25, 0.3) is 0 Å². The Morgan fingerprint density at radius 2 is 1.35 bits per heavy atom. The Morgan fingerprint density at radius 1 is 0.839 bits per heavy atom. The van der Waals surface area contributed by atoms with Crippen molar-refractivity contribution in [2.45, 2.75) is 84.5 Å². The van der Waals surface area contributed by atoms with Crippen LogP contribution in [0.2, 0.25) is 0 Å². The number of rotatable bonds is 16. The molecular weight excluding hydrogens is 411 g/mol. The molecule has 2 N–H and O–H groups in total. The minimum atomic E-state index is -2.32. The van der Waals surface area contributed by atoms with Crippen molar-refractivity contribution in [2.75, 3.05) is 13.2 Å². The SMILES string of the molecule is CC.CC/C=C\C/C=C\C/C=C\C/C=C\C/C=C\CCCC1OCC(COP(O)O)O1. The summed E-state index contributed by atoms with van der Waals surface area (Å²) in [5.74, 6) is 0. The lowest BCUT2D eigenvalue weighted by Crippen LogP contribution is -2.17. The van der Waals surface area contributed by atoms with E-state index in [1.165, 1.54) is 0 Å². The fourth-order valence-corrected chi connectivity index (χ4v) is 2.97. The number of hydrogen-bond acceptors (Lipinski definition) is 5. The predicted molar refractivity (Wildman–Crippen MR) is 132 cm³/mol. The Labute approximate surface area is 191 Å². The number of ether oxygens (including phenoxy) is 2. The molecule has 0 spiro atoms. The number of hydrogen-bond donors (Lipinski definition) is 2. The third-order valence-corrected chi connectivity index (χ3v) is 4.54. The molecule has 0 bridgehead atoms. The highest BCUT2D eigenvalue weighted by Crippen LogP contribution is 2.26. The van der Waals surface area contributed by atoms with Gasteiger partial charge in [-0.05, 0) is 51.4 Å². The van der Waals surface area contributed by atoms with Crippen molar-refractivity contribution >= 4 is 8.60 Å². The lowest BCUT2D eigenvalue weighted by molar-refractivity contribution is -0.0686. The van der Waals surface area contributed by atoms with E-state index in [-0.39, 0.29) is 19.0 Å². The van der Waals surface area contributed by atoms with Gasteiger partial charge in [0.05, 0.1) is 13.2 Å². The molecule has 0 aromatic carbocycles. The van der Waals surface area contributed by atoms with Crippen LogP contribution < -0.4 is 0 Å². The molecule has 2 atom stereocenters. The molecule has 0 aromatic rings. The van der Waals surface area contributed by atoms with E-state index in [1.54, 1.807) is 0 Å². The van der Waals surface area contributed by atoms with Gasteiger partial charge in [0, 0.05) is 0 Å². The molecular formula is C25H43O5P. The fourth-order valence-electron chi connectivity index (χ4n) is 2.67. The van der Waals surface area contributed by atoms with E-state index < -0.39 is 8.60 Å². The topological polar surface area (TPSA) is 68.2 Å². The van der Waals surface area contributed by atoms with Crippen LogP contribution in [0.15, 0.2) is 60.8 Å². The Hall–Kier alpha value is -1.07. The largest absolute Gasteiger partial charge is 0.350 e. The maximum absolute atomic E-state index is 8.73. The van der Waals surface area contributed by atoms with Crippen LogP contribution in [0.25, 0.3) is 0 Å². The minimum Gasteiger partial charge on any atom is -0.350 e. The van der Waals surface area contributed by atoms with Crippen molar-refractivity contribution < 1.29 is 23.8 Å². The molecule has 0 amide bonds. The van der Waals surface area contributed by atoms with Gasteiger partial charge in [0.2, 0.25) is 0 Å². The third-order valence-electron chi connectivity index (χ3n) is 4.16. The second kappa shape index (κ2) is 23.6. The van der Waals surface area contributed by atoms with Crippen LogP contribution in [0.4, 0.5) is 0 Å². The molecule has 5 nitrogen and oxygen atoms in total.